The lowest BCUT2D eigenvalue weighted by Gasteiger charge is -2.38. The second-order valence-electron chi connectivity index (χ2n) is 7.24. The third-order valence-electron chi connectivity index (χ3n) is 5.55. The van der Waals surface area contributed by atoms with E-state index in [0.717, 1.165) is 25.8 Å². The first-order valence-corrected chi connectivity index (χ1v) is 9.09. The Labute approximate surface area is 129 Å². The van der Waals surface area contributed by atoms with Gasteiger partial charge in [0.25, 0.3) is 0 Å². The average molecular weight is 293 g/mol. The van der Waals surface area contributed by atoms with Crippen LogP contribution < -0.4 is 10.6 Å². The van der Waals surface area contributed by atoms with Gasteiger partial charge in [0.1, 0.15) is 0 Å². The lowest BCUT2D eigenvalue weighted by atomic mass is 9.95. The fourth-order valence-corrected chi connectivity index (χ4v) is 4.48. The van der Waals surface area contributed by atoms with E-state index in [0.29, 0.717) is 24.2 Å². The molecule has 2 atom stereocenters. The Morgan fingerprint density at radius 1 is 1.10 bits per heavy atom. The first-order valence-electron chi connectivity index (χ1n) is 9.09. The van der Waals surface area contributed by atoms with Gasteiger partial charge in [-0.3, -0.25) is 0 Å². The summed E-state index contributed by atoms with van der Waals surface area (Å²) in [6.07, 6.45) is 12.2. The summed E-state index contributed by atoms with van der Waals surface area (Å²) in [6.45, 7) is 3.08. The van der Waals surface area contributed by atoms with Crippen LogP contribution in [0.15, 0.2) is 0 Å². The largest absolute Gasteiger partial charge is 0.335 e. The molecular formula is C17H31N3O. The van der Waals surface area contributed by atoms with Crippen molar-refractivity contribution in [1.82, 2.24) is 15.5 Å². The molecule has 0 aromatic rings. The lowest BCUT2D eigenvalue weighted by Crippen LogP contribution is -2.54. The fourth-order valence-electron chi connectivity index (χ4n) is 4.48. The second-order valence-corrected chi connectivity index (χ2v) is 7.24. The maximum Gasteiger partial charge on any atom is 0.317 e. The van der Waals surface area contributed by atoms with Crippen molar-refractivity contribution >= 4 is 6.03 Å². The summed E-state index contributed by atoms with van der Waals surface area (Å²) in [4.78, 5) is 14.9. The molecule has 2 unspecified atom stereocenters. The van der Waals surface area contributed by atoms with Gasteiger partial charge in [-0.15, -0.1) is 0 Å². The molecule has 4 nitrogen and oxygen atoms in total. The predicted octanol–water partition coefficient (Wildman–Crippen LogP) is 3.02. The Kier molecular flexibility index (Phi) is 5.04. The minimum atomic E-state index is 0.204. The van der Waals surface area contributed by atoms with E-state index in [1.165, 1.54) is 44.9 Å². The van der Waals surface area contributed by atoms with E-state index in [2.05, 4.69) is 22.5 Å². The van der Waals surface area contributed by atoms with Crippen LogP contribution >= 0.6 is 0 Å². The Balaban J connectivity index is 1.58. The van der Waals surface area contributed by atoms with Crippen LogP contribution in [-0.2, 0) is 0 Å². The standard InChI is InChI=1S/C17H31N3O/c1-2-10-20(16-11-14-8-9-15(12-16)18-14)17(21)19-13-6-4-3-5-7-13/h13-16,18H,2-12H2,1H3,(H,19,21). The molecule has 2 bridgehead atoms. The zero-order chi connectivity index (χ0) is 14.7. The zero-order valence-corrected chi connectivity index (χ0v) is 13.4. The number of hydrogen-bond acceptors (Lipinski definition) is 2. The number of hydrogen-bond donors (Lipinski definition) is 2. The number of urea groups is 1. The maximum absolute atomic E-state index is 12.7. The van der Waals surface area contributed by atoms with Crippen LogP contribution in [-0.4, -0.2) is 41.6 Å². The molecule has 2 N–H and O–H groups in total. The van der Waals surface area contributed by atoms with Crippen LogP contribution in [0.4, 0.5) is 4.79 Å². The van der Waals surface area contributed by atoms with Crippen molar-refractivity contribution in [3.8, 4) is 0 Å². The van der Waals surface area contributed by atoms with E-state index in [1.54, 1.807) is 0 Å². The SMILES string of the molecule is CCCN(C(=O)NC1CCCCC1)C1CC2CCC(C1)N2. The summed E-state index contributed by atoms with van der Waals surface area (Å²) in [5, 5.41) is 7.00. The molecule has 0 spiro atoms. The molecule has 2 aliphatic heterocycles. The molecule has 2 saturated heterocycles. The van der Waals surface area contributed by atoms with Crippen molar-refractivity contribution in [1.29, 1.82) is 0 Å². The molecule has 1 saturated carbocycles. The predicted molar refractivity (Wildman–Crippen MR) is 85.4 cm³/mol. The summed E-state index contributed by atoms with van der Waals surface area (Å²) in [6, 6.07) is 2.37. The van der Waals surface area contributed by atoms with Crippen molar-refractivity contribution in [2.24, 2.45) is 0 Å². The smallest absolute Gasteiger partial charge is 0.317 e. The van der Waals surface area contributed by atoms with Gasteiger partial charge in [0, 0.05) is 30.7 Å². The van der Waals surface area contributed by atoms with E-state index in [-0.39, 0.29) is 6.03 Å². The van der Waals surface area contributed by atoms with Crippen molar-refractivity contribution in [2.45, 2.75) is 95.3 Å². The van der Waals surface area contributed by atoms with Gasteiger partial charge in [0.2, 0.25) is 0 Å². The quantitative estimate of drug-likeness (QED) is 0.837. The summed E-state index contributed by atoms with van der Waals surface area (Å²) >= 11 is 0. The third kappa shape index (κ3) is 3.71. The molecule has 120 valence electrons. The number of nitrogens with zero attached hydrogens (tertiary/aromatic N) is 1. The van der Waals surface area contributed by atoms with Crippen molar-refractivity contribution in [3.05, 3.63) is 0 Å². The molecule has 4 heteroatoms. The van der Waals surface area contributed by atoms with Crippen LogP contribution in [0.5, 0.6) is 0 Å². The zero-order valence-electron chi connectivity index (χ0n) is 13.4. The van der Waals surface area contributed by atoms with Crippen molar-refractivity contribution in [3.63, 3.8) is 0 Å². The van der Waals surface area contributed by atoms with Crippen LogP contribution in [0.2, 0.25) is 0 Å². The molecule has 2 amide bonds. The molecule has 3 aliphatic rings. The lowest BCUT2D eigenvalue weighted by molar-refractivity contribution is 0.142. The number of rotatable bonds is 4. The highest BCUT2D eigenvalue weighted by Gasteiger charge is 2.37. The Bertz CT molecular complexity index is 342. The number of fused-ring (bicyclic) bond motifs is 2. The van der Waals surface area contributed by atoms with Crippen LogP contribution in [0.25, 0.3) is 0 Å². The van der Waals surface area contributed by atoms with Gasteiger partial charge in [-0.2, -0.15) is 0 Å². The molecule has 3 fully saturated rings. The normalized spacial score (nSPS) is 32.9. The number of carbonyl (C=O) groups is 1. The highest BCUT2D eigenvalue weighted by molar-refractivity contribution is 5.75. The van der Waals surface area contributed by atoms with E-state index in [9.17, 15) is 4.79 Å². The molecular weight excluding hydrogens is 262 g/mol. The van der Waals surface area contributed by atoms with Gasteiger partial charge in [0.05, 0.1) is 0 Å². The monoisotopic (exact) mass is 293 g/mol. The molecule has 0 aromatic carbocycles. The first-order chi connectivity index (χ1) is 10.3. The van der Waals surface area contributed by atoms with E-state index < -0.39 is 0 Å². The topological polar surface area (TPSA) is 44.4 Å². The molecule has 21 heavy (non-hydrogen) atoms. The van der Waals surface area contributed by atoms with Crippen molar-refractivity contribution in [2.75, 3.05) is 6.54 Å². The number of amides is 2. The van der Waals surface area contributed by atoms with E-state index in [1.807, 2.05) is 0 Å². The molecule has 1 aliphatic carbocycles. The number of piperidine rings is 1. The minimum absolute atomic E-state index is 0.204. The van der Waals surface area contributed by atoms with Gasteiger partial charge in [0.15, 0.2) is 0 Å². The maximum atomic E-state index is 12.7. The number of nitrogens with one attached hydrogen (secondary N) is 2. The summed E-state index contributed by atoms with van der Waals surface area (Å²) < 4.78 is 0. The van der Waals surface area contributed by atoms with Gasteiger partial charge >= 0.3 is 6.03 Å². The Hall–Kier alpha value is -0.770. The van der Waals surface area contributed by atoms with E-state index >= 15 is 0 Å². The Morgan fingerprint density at radius 2 is 1.76 bits per heavy atom. The molecule has 0 aromatic heterocycles. The van der Waals surface area contributed by atoms with Gasteiger partial charge < -0.3 is 15.5 Å². The van der Waals surface area contributed by atoms with Crippen LogP contribution in [0.1, 0.15) is 71.1 Å². The average Bonchev–Trinajstić information content (AvgIpc) is 2.84. The highest BCUT2D eigenvalue weighted by atomic mass is 16.2. The summed E-state index contributed by atoms with van der Waals surface area (Å²) in [5.41, 5.74) is 0. The van der Waals surface area contributed by atoms with Crippen LogP contribution in [0, 0.1) is 0 Å². The second kappa shape index (κ2) is 6.99. The minimum Gasteiger partial charge on any atom is -0.335 e. The molecule has 2 heterocycles. The molecule has 0 radical (unpaired) electrons. The fraction of sp³-hybridized carbons (Fsp3) is 0.941. The Morgan fingerprint density at radius 3 is 2.38 bits per heavy atom. The van der Waals surface area contributed by atoms with Crippen LogP contribution in [0.3, 0.4) is 0 Å². The highest BCUT2D eigenvalue weighted by Crippen LogP contribution is 2.30. The van der Waals surface area contributed by atoms with Crippen molar-refractivity contribution < 1.29 is 4.79 Å². The summed E-state index contributed by atoms with van der Waals surface area (Å²) in [7, 11) is 0. The van der Waals surface area contributed by atoms with Gasteiger partial charge in [-0.25, -0.2) is 4.79 Å². The van der Waals surface area contributed by atoms with Gasteiger partial charge in [-0.1, -0.05) is 26.2 Å². The first kappa shape index (κ1) is 15.1. The number of carbonyl (C=O) groups excluding carboxylic acids is 1. The van der Waals surface area contributed by atoms with E-state index in [4.69, 9.17) is 0 Å². The summed E-state index contributed by atoms with van der Waals surface area (Å²) in [5.74, 6) is 0. The third-order valence-corrected chi connectivity index (χ3v) is 5.55. The molecule has 3 rings (SSSR count). The van der Waals surface area contributed by atoms with Gasteiger partial charge in [-0.05, 0) is 44.9 Å².